The highest BCUT2D eigenvalue weighted by molar-refractivity contribution is 8.00. The Hall–Kier alpha value is -1.57. The van der Waals surface area contributed by atoms with Crippen molar-refractivity contribution in [1.29, 1.82) is 0 Å². The van der Waals surface area contributed by atoms with Crippen molar-refractivity contribution in [3.63, 3.8) is 0 Å². The zero-order chi connectivity index (χ0) is 23.0. The van der Waals surface area contributed by atoms with Crippen molar-refractivity contribution in [3.05, 3.63) is 5.82 Å². The smallest absolute Gasteiger partial charge is 0.319 e. The van der Waals surface area contributed by atoms with Crippen LogP contribution in [0, 0.1) is 23.2 Å². The molecule has 4 bridgehead atoms. The lowest BCUT2D eigenvalue weighted by Crippen LogP contribution is -2.53. The second-order valence-electron chi connectivity index (χ2n) is 11.0. The van der Waals surface area contributed by atoms with Crippen LogP contribution in [0.2, 0.25) is 0 Å². The van der Waals surface area contributed by atoms with Gasteiger partial charge >= 0.3 is 5.97 Å². The lowest BCUT2D eigenvalue weighted by atomic mass is 9.49. The van der Waals surface area contributed by atoms with Gasteiger partial charge in [0, 0.05) is 11.5 Å². The van der Waals surface area contributed by atoms with Gasteiger partial charge in [0.25, 0.3) is 0 Å². The quantitative estimate of drug-likeness (QED) is 0.436. The maximum Gasteiger partial charge on any atom is 0.319 e. The number of ether oxygens (including phenoxy) is 1. The normalized spacial score (nSPS) is 32.0. The van der Waals surface area contributed by atoms with Crippen LogP contribution >= 0.6 is 11.8 Å². The van der Waals surface area contributed by atoms with Gasteiger partial charge in [-0.25, -0.2) is 0 Å². The highest BCUT2D eigenvalue weighted by Crippen LogP contribution is 2.60. The van der Waals surface area contributed by atoms with Crippen LogP contribution < -0.4 is 5.32 Å². The summed E-state index contributed by atoms with van der Waals surface area (Å²) < 4.78 is 7.40. The Morgan fingerprint density at radius 3 is 2.33 bits per heavy atom. The van der Waals surface area contributed by atoms with Crippen LogP contribution in [0.3, 0.4) is 0 Å². The van der Waals surface area contributed by atoms with Crippen molar-refractivity contribution in [3.8, 4) is 0 Å². The lowest BCUT2D eigenvalue weighted by Gasteiger charge is -2.55. The average Bonchev–Trinajstić information content (AvgIpc) is 3.19. The van der Waals surface area contributed by atoms with Crippen molar-refractivity contribution < 1.29 is 14.3 Å². The first-order valence-electron chi connectivity index (χ1n) is 13.0. The second-order valence-corrected chi connectivity index (χ2v) is 12.3. The number of carbonyl (C=O) groups excluding carboxylic acids is 2. The molecule has 5 saturated carbocycles. The molecule has 7 nitrogen and oxygen atoms in total. The summed E-state index contributed by atoms with van der Waals surface area (Å²) >= 11 is 1.42. The van der Waals surface area contributed by atoms with E-state index in [0.717, 1.165) is 60.8 Å². The molecule has 182 valence electrons. The maximum atomic E-state index is 13.5. The number of thioether (sulfide) groups is 1. The molecular weight excluding hydrogens is 436 g/mol. The summed E-state index contributed by atoms with van der Waals surface area (Å²) in [5.41, 5.74) is -0.152. The first-order chi connectivity index (χ1) is 16.0. The van der Waals surface area contributed by atoms with E-state index in [-0.39, 0.29) is 22.5 Å². The summed E-state index contributed by atoms with van der Waals surface area (Å²) in [7, 11) is 0. The predicted octanol–water partition coefficient (Wildman–Crippen LogP) is 4.66. The predicted molar refractivity (Wildman–Crippen MR) is 127 cm³/mol. The van der Waals surface area contributed by atoms with Crippen molar-refractivity contribution in [2.45, 2.75) is 107 Å². The Morgan fingerprint density at radius 1 is 1.09 bits per heavy atom. The molecule has 1 atom stereocenters. The van der Waals surface area contributed by atoms with E-state index in [2.05, 4.69) is 20.1 Å². The van der Waals surface area contributed by atoms with Crippen LogP contribution in [0.15, 0.2) is 5.16 Å². The molecule has 1 aromatic heterocycles. The molecule has 1 heterocycles. The summed E-state index contributed by atoms with van der Waals surface area (Å²) in [5, 5.41) is 12.7. The van der Waals surface area contributed by atoms with Crippen LogP contribution in [0.25, 0.3) is 0 Å². The third-order valence-electron chi connectivity index (χ3n) is 8.50. The third-order valence-corrected chi connectivity index (χ3v) is 9.54. The Kier molecular flexibility index (Phi) is 6.74. The Balaban J connectivity index is 1.30. The van der Waals surface area contributed by atoms with E-state index in [4.69, 9.17) is 4.74 Å². The summed E-state index contributed by atoms with van der Waals surface area (Å²) in [4.78, 5) is 25.7. The van der Waals surface area contributed by atoms with Crippen LogP contribution in [-0.2, 0) is 20.9 Å². The molecule has 33 heavy (non-hydrogen) atoms. The van der Waals surface area contributed by atoms with E-state index in [1.807, 2.05) is 13.8 Å². The van der Waals surface area contributed by atoms with E-state index < -0.39 is 0 Å². The molecule has 1 aromatic rings. The van der Waals surface area contributed by atoms with Crippen molar-refractivity contribution >= 4 is 23.6 Å². The van der Waals surface area contributed by atoms with Gasteiger partial charge < -0.3 is 14.6 Å². The van der Waals surface area contributed by atoms with Gasteiger partial charge in [-0.1, -0.05) is 31.0 Å². The molecular formula is C25H38N4O3S. The van der Waals surface area contributed by atoms with Crippen LogP contribution in [0.4, 0.5) is 0 Å². The van der Waals surface area contributed by atoms with Gasteiger partial charge in [0.2, 0.25) is 5.91 Å². The Labute approximate surface area is 201 Å². The molecule has 0 aliphatic heterocycles. The van der Waals surface area contributed by atoms with E-state index in [9.17, 15) is 9.59 Å². The van der Waals surface area contributed by atoms with Gasteiger partial charge in [-0.3, -0.25) is 9.59 Å². The molecule has 5 fully saturated rings. The maximum absolute atomic E-state index is 13.5. The first kappa shape index (κ1) is 23.2. The number of rotatable bonds is 8. The zero-order valence-electron chi connectivity index (χ0n) is 20.1. The monoisotopic (exact) mass is 474 g/mol. The minimum Gasteiger partial charge on any atom is -0.465 e. The van der Waals surface area contributed by atoms with E-state index in [1.54, 1.807) is 0 Å². The van der Waals surface area contributed by atoms with E-state index in [0.29, 0.717) is 19.2 Å². The van der Waals surface area contributed by atoms with Crippen LogP contribution in [-0.4, -0.2) is 38.5 Å². The standard InChI is InChI=1S/C25H38N4O3S/c1-3-32-22(30)16(2)33-24-28-27-21(29(24)20-7-5-4-6-8-20)15-26-23(31)25-12-17-9-18(13-25)11-19(10-17)14-25/h16-20H,3-15H2,1-2H3,(H,26,31)/t16-,17?,18?,19?,25?/m1/s1. The summed E-state index contributed by atoms with van der Waals surface area (Å²) in [6, 6.07) is 0.331. The number of nitrogens with zero attached hydrogens (tertiary/aromatic N) is 3. The van der Waals surface area contributed by atoms with Gasteiger partial charge in [-0.15, -0.1) is 10.2 Å². The molecule has 5 aliphatic rings. The van der Waals surface area contributed by atoms with Crippen molar-refractivity contribution in [2.75, 3.05) is 6.61 Å². The van der Waals surface area contributed by atoms with Gasteiger partial charge in [0.05, 0.1) is 13.2 Å². The number of hydrogen-bond acceptors (Lipinski definition) is 6. The van der Waals surface area contributed by atoms with Crippen molar-refractivity contribution in [1.82, 2.24) is 20.1 Å². The first-order valence-corrected chi connectivity index (χ1v) is 13.9. The molecule has 0 unspecified atom stereocenters. The fourth-order valence-corrected chi connectivity index (χ4v) is 8.35. The second kappa shape index (κ2) is 9.59. The Morgan fingerprint density at radius 2 is 1.73 bits per heavy atom. The topological polar surface area (TPSA) is 86.1 Å². The molecule has 1 N–H and O–H groups in total. The van der Waals surface area contributed by atoms with E-state index in [1.165, 1.54) is 50.3 Å². The fourth-order valence-electron chi connectivity index (χ4n) is 7.42. The minimum absolute atomic E-state index is 0.152. The fraction of sp³-hybridized carbons (Fsp3) is 0.840. The molecule has 0 radical (unpaired) electrons. The Bertz CT molecular complexity index is 844. The SMILES string of the molecule is CCOC(=O)[C@@H](C)Sc1nnc(CNC(=O)C23CC4CC(CC(C4)C2)C3)n1C1CCCCC1. The molecule has 1 amide bonds. The molecule has 6 rings (SSSR count). The van der Waals surface area contributed by atoms with Crippen molar-refractivity contribution in [2.24, 2.45) is 23.2 Å². The molecule has 5 aliphatic carbocycles. The number of esters is 1. The third kappa shape index (κ3) is 4.69. The van der Waals surface area contributed by atoms with E-state index >= 15 is 0 Å². The molecule has 0 aromatic carbocycles. The number of carbonyl (C=O) groups is 2. The number of amides is 1. The largest absolute Gasteiger partial charge is 0.465 e. The highest BCUT2D eigenvalue weighted by atomic mass is 32.2. The summed E-state index contributed by atoms with van der Waals surface area (Å²) in [6.07, 6.45) is 13.0. The highest BCUT2D eigenvalue weighted by Gasteiger charge is 2.54. The minimum atomic E-state index is -0.342. The van der Waals surface area contributed by atoms with Gasteiger partial charge in [0.1, 0.15) is 5.25 Å². The molecule has 0 spiro atoms. The van der Waals surface area contributed by atoms with Gasteiger partial charge in [-0.05, 0) is 83.0 Å². The zero-order valence-corrected chi connectivity index (χ0v) is 20.9. The van der Waals surface area contributed by atoms with Crippen LogP contribution in [0.1, 0.15) is 96.3 Å². The number of nitrogens with one attached hydrogen (secondary N) is 1. The molecule has 8 heteroatoms. The van der Waals surface area contributed by atoms with Crippen LogP contribution in [0.5, 0.6) is 0 Å². The molecule has 0 saturated heterocycles. The van der Waals surface area contributed by atoms with Gasteiger partial charge in [-0.2, -0.15) is 0 Å². The summed E-state index contributed by atoms with van der Waals surface area (Å²) in [6.45, 7) is 4.47. The summed E-state index contributed by atoms with van der Waals surface area (Å²) in [5.74, 6) is 3.07. The number of aromatic nitrogens is 3. The van der Waals surface area contributed by atoms with Gasteiger partial charge in [0.15, 0.2) is 11.0 Å². The average molecular weight is 475 g/mol. The number of hydrogen-bond donors (Lipinski definition) is 1. The lowest BCUT2D eigenvalue weighted by molar-refractivity contribution is -0.146.